The van der Waals surface area contributed by atoms with Gasteiger partial charge in [-0.15, -0.1) is 0 Å². The molecule has 0 bridgehead atoms. The highest BCUT2D eigenvalue weighted by molar-refractivity contribution is 6.82. The van der Waals surface area contributed by atoms with E-state index in [1.54, 1.807) is 5.57 Å². The number of hydrogen-bond acceptors (Lipinski definition) is 2. The molecule has 3 atom stereocenters. The molecule has 0 radical (unpaired) electrons. The second-order valence-electron chi connectivity index (χ2n) is 10.6. The van der Waals surface area contributed by atoms with Crippen molar-refractivity contribution in [2.75, 3.05) is 18.0 Å². The van der Waals surface area contributed by atoms with Crippen molar-refractivity contribution in [1.82, 2.24) is 0 Å². The van der Waals surface area contributed by atoms with Crippen molar-refractivity contribution in [2.24, 2.45) is 5.92 Å². The topological polar surface area (TPSA) is 20.3 Å². The Kier molecular flexibility index (Phi) is 3.31. The van der Waals surface area contributed by atoms with Crippen LogP contribution in [0.15, 0.2) is 23.8 Å². The molecular formula is C23H31NOSi. The van der Waals surface area contributed by atoms with Gasteiger partial charge in [0.05, 0.1) is 8.07 Å². The van der Waals surface area contributed by atoms with Crippen LogP contribution in [0.4, 0.5) is 5.69 Å². The van der Waals surface area contributed by atoms with Gasteiger partial charge >= 0.3 is 0 Å². The lowest BCUT2D eigenvalue weighted by Crippen LogP contribution is -2.48. The van der Waals surface area contributed by atoms with E-state index >= 15 is 0 Å². The van der Waals surface area contributed by atoms with Gasteiger partial charge in [0.1, 0.15) is 6.29 Å². The number of aldehydes is 1. The molecule has 3 heteroatoms. The van der Waals surface area contributed by atoms with Crippen LogP contribution in [0.2, 0.25) is 24.2 Å². The third kappa shape index (κ3) is 2.13. The van der Waals surface area contributed by atoms with Crippen LogP contribution < -0.4 is 4.90 Å². The Hall–Kier alpha value is -1.35. The van der Waals surface area contributed by atoms with E-state index in [0.29, 0.717) is 0 Å². The van der Waals surface area contributed by atoms with E-state index in [2.05, 4.69) is 50.8 Å². The van der Waals surface area contributed by atoms with E-state index in [4.69, 9.17) is 0 Å². The fraction of sp³-hybridized carbons (Fsp3) is 0.609. The quantitative estimate of drug-likeness (QED) is 0.382. The lowest BCUT2D eigenvalue weighted by atomic mass is 9.65. The first kappa shape index (κ1) is 16.8. The van der Waals surface area contributed by atoms with Gasteiger partial charge in [-0.2, -0.15) is 0 Å². The van der Waals surface area contributed by atoms with Gasteiger partial charge in [0, 0.05) is 24.3 Å². The van der Waals surface area contributed by atoms with E-state index in [1.807, 2.05) is 0 Å². The van der Waals surface area contributed by atoms with E-state index in [9.17, 15) is 4.79 Å². The minimum atomic E-state index is -1.21. The monoisotopic (exact) mass is 365 g/mol. The predicted octanol–water partition coefficient (Wildman–Crippen LogP) is 5.30. The summed E-state index contributed by atoms with van der Waals surface area (Å²) in [6, 6.07) is 10.2. The van der Waals surface area contributed by atoms with Gasteiger partial charge in [0.2, 0.25) is 0 Å². The van der Waals surface area contributed by atoms with Gasteiger partial charge < -0.3 is 4.90 Å². The Labute approximate surface area is 158 Å². The molecule has 1 aromatic carbocycles. The minimum Gasteiger partial charge on any atom is -0.371 e. The maximum atomic E-state index is 11.7. The molecule has 138 valence electrons. The number of nitrogens with zero attached hydrogens (tertiary/aromatic N) is 1. The molecule has 0 saturated carbocycles. The second-order valence-corrected chi connectivity index (χ2v) is 15.1. The third-order valence-corrected chi connectivity index (χ3v) is 13.5. The average molecular weight is 366 g/mol. The van der Waals surface area contributed by atoms with Gasteiger partial charge in [0.15, 0.2) is 0 Å². The number of benzene rings is 1. The Bertz CT molecular complexity index is 841. The standard InChI is InChI=1S/C23H31NOSi/c1-16-5-8-26(13-16)14-18-11-24-7-6-22(2,3)19-9-17(12-25)10-20(21(19)24)23(18,4)15-26/h5,9-10,12,18H,6-8,11,13-15H2,1-4H3. The first-order valence-electron chi connectivity index (χ1n) is 10.3. The Balaban J connectivity index is 1.69. The van der Waals surface area contributed by atoms with Crippen LogP contribution in [0, 0.1) is 5.92 Å². The Morgan fingerprint density at radius 2 is 2.00 bits per heavy atom. The van der Waals surface area contributed by atoms with E-state index in [1.165, 1.54) is 60.5 Å². The van der Waals surface area contributed by atoms with Crippen LogP contribution in [-0.2, 0) is 10.8 Å². The van der Waals surface area contributed by atoms with Crippen molar-refractivity contribution in [3.63, 3.8) is 0 Å². The first-order chi connectivity index (χ1) is 12.3. The summed E-state index contributed by atoms with van der Waals surface area (Å²) in [6.07, 6.45) is 4.80. The number of rotatable bonds is 1. The predicted molar refractivity (Wildman–Crippen MR) is 111 cm³/mol. The zero-order valence-corrected chi connectivity index (χ0v) is 17.7. The summed E-state index contributed by atoms with van der Waals surface area (Å²) < 4.78 is 0. The molecule has 4 heterocycles. The summed E-state index contributed by atoms with van der Waals surface area (Å²) in [6.45, 7) is 12.0. The fourth-order valence-corrected chi connectivity index (χ4v) is 13.5. The molecule has 1 fully saturated rings. The normalized spacial score (nSPS) is 36.7. The summed E-state index contributed by atoms with van der Waals surface area (Å²) in [5.74, 6) is 0.775. The van der Waals surface area contributed by atoms with Crippen LogP contribution >= 0.6 is 0 Å². The van der Waals surface area contributed by atoms with Gasteiger partial charge in [-0.1, -0.05) is 38.5 Å². The van der Waals surface area contributed by atoms with Crippen LogP contribution in [0.25, 0.3) is 0 Å². The van der Waals surface area contributed by atoms with E-state index in [-0.39, 0.29) is 10.8 Å². The molecule has 4 aliphatic rings. The highest BCUT2D eigenvalue weighted by Gasteiger charge is 2.58. The van der Waals surface area contributed by atoms with Crippen molar-refractivity contribution in [1.29, 1.82) is 0 Å². The third-order valence-electron chi connectivity index (χ3n) is 8.24. The summed E-state index contributed by atoms with van der Waals surface area (Å²) in [5.41, 5.74) is 7.41. The molecule has 26 heavy (non-hydrogen) atoms. The molecule has 1 aromatic rings. The SMILES string of the molecule is CC1=CC[Si]2(C1)CC1CN3CCC(C)(C)c4cc(C=O)cc(c43)C1(C)C2. The van der Waals surface area contributed by atoms with Crippen molar-refractivity contribution in [2.45, 2.75) is 69.1 Å². The summed E-state index contributed by atoms with van der Waals surface area (Å²) >= 11 is 0. The van der Waals surface area contributed by atoms with E-state index in [0.717, 1.165) is 17.8 Å². The van der Waals surface area contributed by atoms with Crippen LogP contribution in [0.3, 0.4) is 0 Å². The number of carbonyl (C=O) groups excluding carboxylic acids is 1. The van der Waals surface area contributed by atoms with Crippen molar-refractivity contribution < 1.29 is 4.79 Å². The zero-order chi connectivity index (χ0) is 18.3. The van der Waals surface area contributed by atoms with Gasteiger partial charge in [-0.25, -0.2) is 0 Å². The first-order valence-corrected chi connectivity index (χ1v) is 13.1. The maximum Gasteiger partial charge on any atom is 0.150 e. The molecule has 4 aliphatic heterocycles. The highest BCUT2D eigenvalue weighted by Crippen LogP contribution is 2.61. The summed E-state index contributed by atoms with van der Waals surface area (Å²) in [4.78, 5) is 14.4. The fourth-order valence-electron chi connectivity index (χ4n) is 6.87. The Morgan fingerprint density at radius 3 is 2.69 bits per heavy atom. The van der Waals surface area contributed by atoms with Gasteiger partial charge in [-0.3, -0.25) is 4.79 Å². The molecule has 5 rings (SSSR count). The number of fused-ring (bicyclic) bond motifs is 2. The van der Waals surface area contributed by atoms with Crippen LogP contribution in [-0.4, -0.2) is 27.4 Å². The minimum absolute atomic E-state index is 0.169. The van der Waals surface area contributed by atoms with Gasteiger partial charge in [0.25, 0.3) is 0 Å². The van der Waals surface area contributed by atoms with Gasteiger partial charge in [-0.05, 0) is 71.5 Å². The second kappa shape index (κ2) is 5.12. The van der Waals surface area contributed by atoms with Crippen LogP contribution in [0.1, 0.15) is 55.6 Å². The molecule has 3 unspecified atom stereocenters. The molecule has 0 N–H and O–H groups in total. The molecule has 0 aliphatic carbocycles. The lowest BCUT2D eigenvalue weighted by molar-refractivity contribution is 0.112. The largest absolute Gasteiger partial charge is 0.371 e. The molecule has 1 saturated heterocycles. The molecule has 0 amide bonds. The highest BCUT2D eigenvalue weighted by atomic mass is 28.3. The summed E-state index contributed by atoms with van der Waals surface area (Å²) in [5, 5.41) is 0. The van der Waals surface area contributed by atoms with Crippen LogP contribution in [0.5, 0.6) is 0 Å². The zero-order valence-electron chi connectivity index (χ0n) is 16.7. The lowest BCUT2D eigenvalue weighted by Gasteiger charge is -2.51. The van der Waals surface area contributed by atoms with Crippen molar-refractivity contribution >= 4 is 20.0 Å². The smallest absolute Gasteiger partial charge is 0.150 e. The molecule has 0 aromatic heterocycles. The maximum absolute atomic E-state index is 11.7. The average Bonchev–Trinajstić information content (AvgIpc) is 3.09. The number of carbonyl (C=O) groups is 1. The molecule has 2 nitrogen and oxygen atoms in total. The Morgan fingerprint density at radius 1 is 1.23 bits per heavy atom. The van der Waals surface area contributed by atoms with E-state index < -0.39 is 8.07 Å². The van der Waals surface area contributed by atoms with Crippen molar-refractivity contribution in [3.8, 4) is 0 Å². The number of allylic oxidation sites excluding steroid dienone is 2. The molecule has 1 spiro atoms. The molecular weight excluding hydrogens is 334 g/mol. The number of anilines is 1. The number of hydrogen-bond donors (Lipinski definition) is 0. The summed E-state index contributed by atoms with van der Waals surface area (Å²) in [7, 11) is -1.21. The van der Waals surface area contributed by atoms with Crippen molar-refractivity contribution in [3.05, 3.63) is 40.5 Å².